The molecule has 2 fully saturated rings. The molecule has 82 valence electrons. The van der Waals surface area contributed by atoms with Crippen LogP contribution in [-0.2, 0) is 4.74 Å². The zero-order valence-electron chi connectivity index (χ0n) is 8.74. The second-order valence-electron chi connectivity index (χ2n) is 4.49. The minimum atomic E-state index is 0.167. The summed E-state index contributed by atoms with van der Waals surface area (Å²) in [6.07, 6.45) is 7.70. The van der Waals surface area contributed by atoms with Crippen LogP contribution in [0.5, 0.6) is 0 Å². The summed E-state index contributed by atoms with van der Waals surface area (Å²) in [7, 11) is 0. The fraction of sp³-hybridized carbons (Fsp3) is 1.00. The number of aliphatic hydroxyl groups is 1. The monoisotopic (exact) mass is 199 g/mol. The molecule has 1 saturated carbocycles. The summed E-state index contributed by atoms with van der Waals surface area (Å²) in [6, 6.07) is 0.789. The number of rotatable bonds is 4. The summed E-state index contributed by atoms with van der Waals surface area (Å²) in [5.74, 6) is 0. The fourth-order valence-electron chi connectivity index (χ4n) is 2.59. The first kappa shape index (κ1) is 10.4. The molecule has 1 aliphatic heterocycles. The molecular weight excluding hydrogens is 178 g/mol. The van der Waals surface area contributed by atoms with Gasteiger partial charge in [-0.25, -0.2) is 0 Å². The van der Waals surface area contributed by atoms with Crippen LogP contribution >= 0.6 is 0 Å². The molecule has 2 unspecified atom stereocenters. The largest absolute Gasteiger partial charge is 0.395 e. The molecule has 0 aromatic carbocycles. The van der Waals surface area contributed by atoms with Gasteiger partial charge in [0.15, 0.2) is 0 Å². The maximum Gasteiger partial charge on any atom is 0.0751 e. The molecule has 0 aromatic rings. The molecule has 0 aromatic heterocycles. The van der Waals surface area contributed by atoms with Crippen molar-refractivity contribution < 1.29 is 9.84 Å². The van der Waals surface area contributed by atoms with E-state index in [4.69, 9.17) is 4.74 Å². The third-order valence-electron chi connectivity index (χ3n) is 3.42. The second-order valence-corrected chi connectivity index (χ2v) is 4.49. The topological polar surface area (TPSA) is 41.5 Å². The molecule has 2 aliphatic rings. The van der Waals surface area contributed by atoms with Crippen molar-refractivity contribution in [2.24, 2.45) is 0 Å². The van der Waals surface area contributed by atoms with Crippen LogP contribution < -0.4 is 5.32 Å². The highest BCUT2D eigenvalue weighted by atomic mass is 16.5. The van der Waals surface area contributed by atoms with E-state index in [9.17, 15) is 5.11 Å². The summed E-state index contributed by atoms with van der Waals surface area (Å²) in [6.45, 7) is 1.08. The molecule has 0 amide bonds. The number of aliphatic hydroxyl groups excluding tert-OH is 1. The Hall–Kier alpha value is -0.120. The zero-order valence-corrected chi connectivity index (χ0v) is 8.74. The van der Waals surface area contributed by atoms with Crippen LogP contribution in [0, 0.1) is 0 Å². The predicted octanol–water partition coefficient (Wildman–Crippen LogP) is 1.06. The van der Waals surface area contributed by atoms with Crippen molar-refractivity contribution in [2.45, 2.75) is 56.7 Å². The quantitative estimate of drug-likeness (QED) is 0.711. The Balaban J connectivity index is 1.79. The van der Waals surface area contributed by atoms with Crippen molar-refractivity contribution in [1.29, 1.82) is 0 Å². The van der Waals surface area contributed by atoms with Gasteiger partial charge in [-0.15, -0.1) is 0 Å². The summed E-state index contributed by atoms with van der Waals surface area (Å²) < 4.78 is 5.59. The third-order valence-corrected chi connectivity index (χ3v) is 3.42. The molecule has 2 N–H and O–H groups in total. The van der Waals surface area contributed by atoms with Crippen LogP contribution in [0.15, 0.2) is 0 Å². The normalized spacial score (nSPS) is 31.1. The Labute approximate surface area is 85.8 Å². The van der Waals surface area contributed by atoms with Crippen molar-refractivity contribution in [1.82, 2.24) is 5.32 Å². The molecule has 0 spiro atoms. The van der Waals surface area contributed by atoms with E-state index in [0.29, 0.717) is 6.04 Å². The minimum Gasteiger partial charge on any atom is -0.395 e. The Morgan fingerprint density at radius 2 is 2.00 bits per heavy atom. The summed E-state index contributed by atoms with van der Waals surface area (Å²) in [5.41, 5.74) is 0. The molecule has 0 radical (unpaired) electrons. The van der Waals surface area contributed by atoms with E-state index in [1.807, 2.05) is 0 Å². The van der Waals surface area contributed by atoms with Crippen molar-refractivity contribution in [3.8, 4) is 0 Å². The summed E-state index contributed by atoms with van der Waals surface area (Å²) in [5, 5.41) is 12.8. The highest BCUT2D eigenvalue weighted by Gasteiger charge is 2.28. The smallest absolute Gasteiger partial charge is 0.0751 e. The lowest BCUT2D eigenvalue weighted by atomic mass is 10.1. The van der Waals surface area contributed by atoms with E-state index in [-0.39, 0.29) is 18.8 Å². The fourth-order valence-corrected chi connectivity index (χ4v) is 2.59. The number of nitrogens with one attached hydrogen (secondary N) is 1. The average molecular weight is 199 g/mol. The first-order chi connectivity index (χ1) is 6.90. The van der Waals surface area contributed by atoms with E-state index in [0.717, 1.165) is 19.4 Å². The zero-order chi connectivity index (χ0) is 9.80. The number of hydrogen-bond donors (Lipinski definition) is 2. The molecule has 1 saturated heterocycles. The molecular formula is C11H21NO2. The second kappa shape index (κ2) is 5.10. The standard InChI is InChI=1S/C11H21NO2/c13-8-10(11-6-3-7-14-11)12-9-4-1-2-5-9/h9-13H,1-8H2. The van der Waals surface area contributed by atoms with Crippen molar-refractivity contribution in [3.05, 3.63) is 0 Å². The van der Waals surface area contributed by atoms with E-state index in [1.165, 1.54) is 25.7 Å². The number of hydrogen-bond acceptors (Lipinski definition) is 3. The van der Waals surface area contributed by atoms with Crippen molar-refractivity contribution in [3.63, 3.8) is 0 Å². The molecule has 3 nitrogen and oxygen atoms in total. The molecule has 0 bridgehead atoms. The van der Waals surface area contributed by atoms with E-state index >= 15 is 0 Å². The van der Waals surface area contributed by atoms with Crippen LogP contribution in [0.25, 0.3) is 0 Å². The van der Waals surface area contributed by atoms with Gasteiger partial charge in [-0.1, -0.05) is 12.8 Å². The van der Waals surface area contributed by atoms with Crippen molar-refractivity contribution in [2.75, 3.05) is 13.2 Å². The maximum absolute atomic E-state index is 9.30. The lowest BCUT2D eigenvalue weighted by molar-refractivity contribution is 0.0513. The molecule has 1 heterocycles. The Morgan fingerprint density at radius 1 is 1.21 bits per heavy atom. The number of ether oxygens (including phenoxy) is 1. The van der Waals surface area contributed by atoms with E-state index in [2.05, 4.69) is 5.32 Å². The predicted molar refractivity (Wildman–Crippen MR) is 55.2 cm³/mol. The van der Waals surface area contributed by atoms with Gasteiger partial charge < -0.3 is 15.2 Å². The molecule has 2 atom stereocenters. The van der Waals surface area contributed by atoms with Crippen LogP contribution in [0.4, 0.5) is 0 Å². The lowest BCUT2D eigenvalue weighted by Gasteiger charge is -2.25. The van der Waals surface area contributed by atoms with Gasteiger partial charge in [0.25, 0.3) is 0 Å². The van der Waals surface area contributed by atoms with Gasteiger partial charge in [-0.05, 0) is 25.7 Å². The highest BCUT2D eigenvalue weighted by Crippen LogP contribution is 2.21. The first-order valence-corrected chi connectivity index (χ1v) is 5.88. The molecule has 2 rings (SSSR count). The van der Waals surface area contributed by atoms with Gasteiger partial charge in [0.05, 0.1) is 18.8 Å². The van der Waals surface area contributed by atoms with Gasteiger partial charge in [0.1, 0.15) is 0 Å². The van der Waals surface area contributed by atoms with Gasteiger partial charge in [-0.2, -0.15) is 0 Å². The SMILES string of the molecule is OCC(NC1CCCC1)C1CCCO1. The van der Waals surface area contributed by atoms with Gasteiger partial charge >= 0.3 is 0 Å². The van der Waals surface area contributed by atoms with Gasteiger partial charge in [-0.3, -0.25) is 0 Å². The third kappa shape index (κ3) is 2.47. The molecule has 14 heavy (non-hydrogen) atoms. The van der Waals surface area contributed by atoms with Crippen LogP contribution in [-0.4, -0.2) is 36.5 Å². The Kier molecular flexibility index (Phi) is 3.79. The van der Waals surface area contributed by atoms with Crippen LogP contribution in [0.2, 0.25) is 0 Å². The van der Waals surface area contributed by atoms with E-state index in [1.54, 1.807) is 0 Å². The Bertz CT molecular complexity index is 163. The average Bonchev–Trinajstić information content (AvgIpc) is 2.86. The minimum absolute atomic E-state index is 0.167. The lowest BCUT2D eigenvalue weighted by Crippen LogP contribution is -2.46. The Morgan fingerprint density at radius 3 is 2.57 bits per heavy atom. The van der Waals surface area contributed by atoms with E-state index < -0.39 is 0 Å². The van der Waals surface area contributed by atoms with Crippen LogP contribution in [0.3, 0.4) is 0 Å². The van der Waals surface area contributed by atoms with Crippen LogP contribution in [0.1, 0.15) is 38.5 Å². The molecule has 1 aliphatic carbocycles. The summed E-state index contributed by atoms with van der Waals surface area (Å²) >= 11 is 0. The maximum atomic E-state index is 9.30. The van der Waals surface area contributed by atoms with Gasteiger partial charge in [0, 0.05) is 12.6 Å². The summed E-state index contributed by atoms with van der Waals surface area (Å²) in [4.78, 5) is 0. The van der Waals surface area contributed by atoms with Gasteiger partial charge in [0.2, 0.25) is 0 Å². The molecule has 3 heteroatoms. The van der Waals surface area contributed by atoms with Crippen molar-refractivity contribution >= 4 is 0 Å². The first-order valence-electron chi connectivity index (χ1n) is 5.88. The highest BCUT2D eigenvalue weighted by molar-refractivity contribution is 4.85.